The van der Waals surface area contributed by atoms with Crippen LogP contribution in [0.1, 0.15) is 25.3 Å². The zero-order chi connectivity index (χ0) is 19.2. The van der Waals surface area contributed by atoms with Gasteiger partial charge in [-0.1, -0.05) is 18.2 Å². The molecular formula is C22H28N2O3. The van der Waals surface area contributed by atoms with Crippen molar-refractivity contribution >= 4 is 11.6 Å². The maximum absolute atomic E-state index is 12.3. The Balaban J connectivity index is 1.64. The van der Waals surface area contributed by atoms with E-state index in [2.05, 4.69) is 17.0 Å². The Hall–Kier alpha value is -2.53. The van der Waals surface area contributed by atoms with E-state index in [1.165, 1.54) is 5.56 Å². The van der Waals surface area contributed by atoms with Gasteiger partial charge in [0.05, 0.1) is 14.2 Å². The molecule has 0 atom stereocenters. The summed E-state index contributed by atoms with van der Waals surface area (Å²) in [5.41, 5.74) is 2.16. The van der Waals surface area contributed by atoms with Crippen molar-refractivity contribution in [3.8, 4) is 11.5 Å². The summed E-state index contributed by atoms with van der Waals surface area (Å²) < 4.78 is 10.6. The second kappa shape index (κ2) is 8.91. The number of nitrogens with zero attached hydrogens (tertiary/aromatic N) is 2. The average Bonchev–Trinajstić information content (AvgIpc) is 2.69. The normalized spacial score (nSPS) is 15.4. The van der Waals surface area contributed by atoms with Crippen LogP contribution in [0.3, 0.4) is 0 Å². The van der Waals surface area contributed by atoms with Crippen LogP contribution in [0.5, 0.6) is 11.5 Å². The van der Waals surface area contributed by atoms with Crippen molar-refractivity contribution < 1.29 is 14.3 Å². The van der Waals surface area contributed by atoms with Crippen LogP contribution < -0.4 is 14.4 Å². The predicted molar refractivity (Wildman–Crippen MR) is 107 cm³/mol. The highest BCUT2D eigenvalue weighted by atomic mass is 16.5. The summed E-state index contributed by atoms with van der Waals surface area (Å²) in [5.74, 6) is 1.74. The Morgan fingerprint density at radius 3 is 2.30 bits per heavy atom. The summed E-state index contributed by atoms with van der Waals surface area (Å²) in [6.07, 6.45) is 1.92. The molecule has 0 aromatic heterocycles. The number of rotatable bonds is 6. The number of ether oxygens (including phenoxy) is 2. The summed E-state index contributed by atoms with van der Waals surface area (Å²) in [6.45, 7) is 4.48. The number of benzene rings is 2. The Labute approximate surface area is 161 Å². The third-order valence-electron chi connectivity index (χ3n) is 5.13. The van der Waals surface area contributed by atoms with Gasteiger partial charge in [0.15, 0.2) is 0 Å². The minimum absolute atomic E-state index is 0.0782. The maximum atomic E-state index is 12.3. The fraction of sp³-hybridized carbons (Fsp3) is 0.409. The third kappa shape index (κ3) is 4.80. The Kier molecular flexibility index (Phi) is 6.35. The van der Waals surface area contributed by atoms with Crippen molar-refractivity contribution in [1.29, 1.82) is 0 Å². The van der Waals surface area contributed by atoms with Crippen LogP contribution in [0.25, 0.3) is 0 Å². The molecule has 1 saturated heterocycles. The van der Waals surface area contributed by atoms with Crippen molar-refractivity contribution in [3.05, 3.63) is 54.1 Å². The topological polar surface area (TPSA) is 42.0 Å². The molecule has 5 heteroatoms. The van der Waals surface area contributed by atoms with E-state index in [-0.39, 0.29) is 11.9 Å². The standard InChI is InChI=1S/C22H28N2O3/c1-17(25)24(20-7-5-9-22(15-20)27-3)19-10-12-23(13-11-19)16-18-6-4-8-21(14-18)26-2/h4-9,14-15,19H,10-13,16H2,1-3H3. The summed E-state index contributed by atoms with van der Waals surface area (Å²) in [4.78, 5) is 16.7. The molecule has 0 bridgehead atoms. The van der Waals surface area contributed by atoms with Gasteiger partial charge >= 0.3 is 0 Å². The number of piperidine rings is 1. The molecule has 3 rings (SSSR count). The van der Waals surface area contributed by atoms with Crippen molar-refractivity contribution in [3.63, 3.8) is 0 Å². The average molecular weight is 368 g/mol. The fourth-order valence-electron chi connectivity index (χ4n) is 3.77. The minimum atomic E-state index is 0.0782. The molecule has 0 spiro atoms. The number of likely N-dealkylation sites (tertiary alicyclic amines) is 1. The van der Waals surface area contributed by atoms with E-state index in [4.69, 9.17) is 9.47 Å². The molecule has 2 aromatic rings. The summed E-state index contributed by atoms with van der Waals surface area (Å²) in [6, 6.07) is 16.2. The van der Waals surface area contributed by atoms with Crippen LogP contribution in [0.15, 0.2) is 48.5 Å². The maximum Gasteiger partial charge on any atom is 0.224 e. The predicted octanol–water partition coefficient (Wildman–Crippen LogP) is 3.72. The van der Waals surface area contributed by atoms with Gasteiger partial charge in [-0.05, 0) is 42.7 Å². The minimum Gasteiger partial charge on any atom is -0.497 e. The first kappa shape index (κ1) is 19.2. The Bertz CT molecular complexity index is 770. The van der Waals surface area contributed by atoms with E-state index in [1.807, 2.05) is 41.3 Å². The lowest BCUT2D eigenvalue weighted by atomic mass is 10.0. The molecule has 0 unspecified atom stereocenters. The Morgan fingerprint density at radius 1 is 1.04 bits per heavy atom. The highest BCUT2D eigenvalue weighted by molar-refractivity contribution is 5.92. The molecule has 1 fully saturated rings. The fourth-order valence-corrected chi connectivity index (χ4v) is 3.77. The van der Waals surface area contributed by atoms with Gasteiger partial charge in [0.2, 0.25) is 5.91 Å². The van der Waals surface area contributed by atoms with Crippen LogP contribution in [0.2, 0.25) is 0 Å². The molecule has 1 aliphatic heterocycles. The van der Waals surface area contributed by atoms with Gasteiger partial charge < -0.3 is 14.4 Å². The van der Waals surface area contributed by atoms with E-state index in [0.29, 0.717) is 0 Å². The van der Waals surface area contributed by atoms with Crippen molar-refractivity contribution in [2.24, 2.45) is 0 Å². The van der Waals surface area contributed by atoms with E-state index < -0.39 is 0 Å². The molecule has 0 saturated carbocycles. The molecule has 5 nitrogen and oxygen atoms in total. The smallest absolute Gasteiger partial charge is 0.224 e. The number of anilines is 1. The van der Waals surface area contributed by atoms with Gasteiger partial charge in [-0.2, -0.15) is 0 Å². The first-order valence-electron chi connectivity index (χ1n) is 9.40. The van der Waals surface area contributed by atoms with E-state index >= 15 is 0 Å². The molecule has 144 valence electrons. The second-order valence-electron chi connectivity index (χ2n) is 6.95. The number of methoxy groups -OCH3 is 2. The van der Waals surface area contributed by atoms with E-state index in [1.54, 1.807) is 21.1 Å². The SMILES string of the molecule is COc1cccc(CN2CCC(N(C(C)=O)c3cccc(OC)c3)CC2)c1. The number of hydrogen-bond acceptors (Lipinski definition) is 4. The molecule has 0 aliphatic carbocycles. The van der Waals surface area contributed by atoms with Crippen molar-refractivity contribution in [2.75, 3.05) is 32.2 Å². The first-order chi connectivity index (χ1) is 13.1. The van der Waals surface area contributed by atoms with E-state index in [9.17, 15) is 4.79 Å². The molecule has 1 heterocycles. The molecule has 1 aliphatic rings. The lowest BCUT2D eigenvalue weighted by Gasteiger charge is -2.38. The second-order valence-corrected chi connectivity index (χ2v) is 6.95. The highest BCUT2D eigenvalue weighted by Crippen LogP contribution is 2.27. The van der Waals surface area contributed by atoms with Gasteiger partial charge in [0, 0.05) is 44.4 Å². The number of amides is 1. The molecular weight excluding hydrogens is 340 g/mol. The monoisotopic (exact) mass is 368 g/mol. The molecule has 2 aromatic carbocycles. The third-order valence-corrected chi connectivity index (χ3v) is 5.13. The molecule has 0 N–H and O–H groups in total. The summed E-state index contributed by atoms with van der Waals surface area (Å²) in [5, 5.41) is 0. The van der Waals surface area contributed by atoms with Crippen LogP contribution in [-0.2, 0) is 11.3 Å². The van der Waals surface area contributed by atoms with Crippen LogP contribution in [0.4, 0.5) is 5.69 Å². The summed E-state index contributed by atoms with van der Waals surface area (Å²) in [7, 11) is 3.34. The number of hydrogen-bond donors (Lipinski definition) is 0. The van der Waals surface area contributed by atoms with E-state index in [0.717, 1.165) is 49.7 Å². The molecule has 27 heavy (non-hydrogen) atoms. The number of carbonyl (C=O) groups is 1. The van der Waals surface area contributed by atoms with Gasteiger partial charge in [-0.3, -0.25) is 9.69 Å². The first-order valence-corrected chi connectivity index (χ1v) is 9.40. The zero-order valence-electron chi connectivity index (χ0n) is 16.4. The van der Waals surface area contributed by atoms with Gasteiger partial charge in [-0.15, -0.1) is 0 Å². The van der Waals surface area contributed by atoms with Gasteiger partial charge in [0.1, 0.15) is 11.5 Å². The van der Waals surface area contributed by atoms with Gasteiger partial charge in [-0.25, -0.2) is 0 Å². The lowest BCUT2D eigenvalue weighted by molar-refractivity contribution is -0.117. The van der Waals surface area contributed by atoms with Crippen LogP contribution in [0, 0.1) is 0 Å². The zero-order valence-corrected chi connectivity index (χ0v) is 16.4. The van der Waals surface area contributed by atoms with Crippen molar-refractivity contribution in [1.82, 2.24) is 4.90 Å². The van der Waals surface area contributed by atoms with Crippen molar-refractivity contribution in [2.45, 2.75) is 32.4 Å². The lowest BCUT2D eigenvalue weighted by Crippen LogP contribution is -2.46. The van der Waals surface area contributed by atoms with Crippen LogP contribution in [-0.4, -0.2) is 44.2 Å². The summed E-state index contributed by atoms with van der Waals surface area (Å²) >= 11 is 0. The van der Waals surface area contributed by atoms with Crippen LogP contribution >= 0.6 is 0 Å². The Morgan fingerprint density at radius 2 is 1.67 bits per heavy atom. The quantitative estimate of drug-likeness (QED) is 0.779. The highest BCUT2D eigenvalue weighted by Gasteiger charge is 2.27. The molecule has 1 amide bonds. The number of carbonyl (C=O) groups excluding carboxylic acids is 1. The van der Waals surface area contributed by atoms with Gasteiger partial charge in [0.25, 0.3) is 0 Å². The largest absolute Gasteiger partial charge is 0.497 e. The molecule has 0 radical (unpaired) electrons.